The van der Waals surface area contributed by atoms with Crippen LogP contribution in [0.4, 0.5) is 0 Å². The average Bonchev–Trinajstić information content (AvgIpc) is 4.13. The molecule has 0 aliphatic carbocycles. The minimum atomic E-state index is -0.00570. The molecule has 4 nitrogen and oxygen atoms in total. The summed E-state index contributed by atoms with van der Waals surface area (Å²) in [4.78, 5) is 44.8. The Labute approximate surface area is 397 Å². The lowest BCUT2D eigenvalue weighted by Crippen LogP contribution is -2.34. The molecule has 0 N–H and O–H groups in total. The fourth-order valence-corrected chi connectivity index (χ4v) is 15.5. The van der Waals surface area contributed by atoms with Crippen LogP contribution in [-0.2, 0) is 20.4 Å². The van der Waals surface area contributed by atoms with Crippen molar-refractivity contribution in [1.82, 2.24) is 9.80 Å². The Bertz CT molecular complexity index is 2300. The molecule has 6 rings (SSSR count). The molecular formula is C55H76N2O2S4. The van der Waals surface area contributed by atoms with E-state index in [-0.39, 0.29) is 22.6 Å². The standard InChI is InChI=1S/C55H76N2O2S4/c1-13-21-23-38(18-6)34-56-48(42-27-25-40(60-42)44-32-36(9)50(62-44)54(11,20-8)29-15-3)46-47(53(56)59)49(57(52(46)58)35-39(19-7)24-22-14-2)43-28-26-41(61-43)45-33-37(10)51(63-45)55(12,30-16-4)31-17-5/h16,25-28,32-33,38-39H,4,13-15,17-24,29-31,34-35H2,1-3,5-12H3. The largest absolute Gasteiger partial charge is 0.306 e. The molecule has 0 spiro atoms. The smallest absolute Gasteiger partial charge is 0.261 e. The zero-order valence-electron chi connectivity index (χ0n) is 40.6. The van der Waals surface area contributed by atoms with Gasteiger partial charge in [0.1, 0.15) is 0 Å². The number of hydrogen-bond donors (Lipinski definition) is 0. The minimum absolute atomic E-state index is 0.00570. The first kappa shape index (κ1) is 49.4. The first-order valence-electron chi connectivity index (χ1n) is 24.4. The van der Waals surface area contributed by atoms with Crippen LogP contribution in [0.15, 0.2) is 60.2 Å². The van der Waals surface area contributed by atoms with E-state index >= 15 is 9.59 Å². The molecule has 4 atom stereocenters. The lowest BCUT2D eigenvalue weighted by atomic mass is 9.79. The summed E-state index contributed by atoms with van der Waals surface area (Å²) in [7, 11) is 0. The molecule has 0 saturated heterocycles. The molecule has 8 heteroatoms. The second-order valence-corrected chi connectivity index (χ2v) is 23.4. The van der Waals surface area contributed by atoms with Crippen LogP contribution in [0.2, 0.25) is 0 Å². The molecule has 0 bridgehead atoms. The molecule has 4 aromatic heterocycles. The van der Waals surface area contributed by atoms with Gasteiger partial charge < -0.3 is 9.80 Å². The Morgan fingerprint density at radius 1 is 0.587 bits per heavy atom. The van der Waals surface area contributed by atoms with Crippen LogP contribution in [-0.4, -0.2) is 34.7 Å². The molecule has 2 aliphatic rings. The summed E-state index contributed by atoms with van der Waals surface area (Å²) >= 11 is 7.33. The van der Waals surface area contributed by atoms with E-state index < -0.39 is 0 Å². The van der Waals surface area contributed by atoms with Crippen molar-refractivity contribution in [2.75, 3.05) is 13.1 Å². The molecule has 0 saturated carbocycles. The normalized spacial score (nSPS) is 17.3. The van der Waals surface area contributed by atoms with Crippen molar-refractivity contribution in [3.05, 3.63) is 90.8 Å². The van der Waals surface area contributed by atoms with Crippen molar-refractivity contribution < 1.29 is 9.59 Å². The number of rotatable bonds is 25. The summed E-state index contributed by atoms with van der Waals surface area (Å²) in [6.45, 7) is 30.6. The summed E-state index contributed by atoms with van der Waals surface area (Å²) in [5, 5.41) is 0. The summed E-state index contributed by atoms with van der Waals surface area (Å²) in [5.74, 6) is 0.697. The van der Waals surface area contributed by atoms with Crippen LogP contribution < -0.4 is 0 Å². The van der Waals surface area contributed by atoms with E-state index in [1.165, 1.54) is 46.8 Å². The monoisotopic (exact) mass is 924 g/mol. The molecule has 2 amide bonds. The Kier molecular flexibility index (Phi) is 16.9. The Morgan fingerprint density at radius 2 is 1.00 bits per heavy atom. The number of fused-ring (bicyclic) bond motifs is 1. The predicted molar refractivity (Wildman–Crippen MR) is 278 cm³/mol. The second kappa shape index (κ2) is 21.5. The molecule has 342 valence electrons. The van der Waals surface area contributed by atoms with Crippen LogP contribution in [0.3, 0.4) is 0 Å². The van der Waals surface area contributed by atoms with Gasteiger partial charge in [-0.25, -0.2) is 0 Å². The molecule has 6 heterocycles. The van der Waals surface area contributed by atoms with Crippen molar-refractivity contribution >= 4 is 68.6 Å². The van der Waals surface area contributed by atoms with Crippen molar-refractivity contribution in [3.8, 4) is 19.5 Å². The third kappa shape index (κ3) is 10.1. The number of hydrogen-bond acceptors (Lipinski definition) is 6. The molecule has 2 aliphatic heterocycles. The Hall–Kier alpha value is -3.04. The second-order valence-electron chi connectivity index (χ2n) is 19.2. The van der Waals surface area contributed by atoms with Crippen LogP contribution in [0.1, 0.15) is 183 Å². The van der Waals surface area contributed by atoms with Crippen LogP contribution in [0.25, 0.3) is 30.9 Å². The fraction of sp³-hybridized carbons (Fsp3) is 0.564. The third-order valence-electron chi connectivity index (χ3n) is 14.2. The number of nitrogens with zero attached hydrogens (tertiary/aromatic N) is 2. The van der Waals surface area contributed by atoms with Gasteiger partial charge in [-0.05, 0) is 112 Å². The number of allylic oxidation sites excluding steroid dienone is 1. The number of unbranched alkanes of at least 4 members (excludes halogenated alkanes) is 2. The van der Waals surface area contributed by atoms with Crippen LogP contribution in [0.5, 0.6) is 0 Å². The first-order chi connectivity index (χ1) is 30.3. The molecule has 0 aromatic carbocycles. The number of thiophene rings is 4. The van der Waals surface area contributed by atoms with Crippen LogP contribution >= 0.6 is 45.3 Å². The van der Waals surface area contributed by atoms with Crippen molar-refractivity contribution in [2.45, 2.75) is 177 Å². The summed E-state index contributed by atoms with van der Waals surface area (Å²) < 4.78 is 0. The topological polar surface area (TPSA) is 40.6 Å². The quantitative estimate of drug-likeness (QED) is 0.0622. The van der Waals surface area contributed by atoms with E-state index in [9.17, 15) is 0 Å². The van der Waals surface area contributed by atoms with E-state index in [1.807, 2.05) is 32.5 Å². The van der Waals surface area contributed by atoms with Crippen molar-refractivity contribution in [2.24, 2.45) is 11.8 Å². The highest BCUT2D eigenvalue weighted by Gasteiger charge is 2.50. The fourth-order valence-electron chi connectivity index (χ4n) is 10.4. The maximum Gasteiger partial charge on any atom is 0.261 e. The summed E-state index contributed by atoms with van der Waals surface area (Å²) in [6, 6.07) is 13.6. The number of aryl methyl sites for hydroxylation is 2. The molecular weight excluding hydrogens is 849 g/mol. The minimum Gasteiger partial charge on any atom is -0.306 e. The van der Waals surface area contributed by atoms with Gasteiger partial charge in [-0.1, -0.05) is 120 Å². The summed E-state index contributed by atoms with van der Waals surface area (Å²) in [6.07, 6.45) is 17.4. The SMILES string of the molecule is C=CCC(C)(CCC)c1sc(-c2ccc(C3=C4C(=O)N(CC(CC)CCCC)C(c5ccc(-c6cc(C)c(C(C)(CC)CCC)s6)s5)=C4C(=O)N3CC(CC)CCCC)s2)cc1C. The van der Waals surface area contributed by atoms with Gasteiger partial charge in [-0.2, -0.15) is 0 Å². The third-order valence-corrected chi connectivity index (χ3v) is 19.9. The number of amides is 2. The average molecular weight is 925 g/mol. The number of carbonyl (C=O) groups excluding carboxylic acids is 2. The zero-order chi connectivity index (χ0) is 45.6. The Morgan fingerprint density at radius 3 is 1.38 bits per heavy atom. The molecule has 63 heavy (non-hydrogen) atoms. The van der Waals surface area contributed by atoms with Crippen molar-refractivity contribution in [1.29, 1.82) is 0 Å². The van der Waals surface area contributed by atoms with Gasteiger partial charge in [0.05, 0.1) is 32.3 Å². The van der Waals surface area contributed by atoms with Crippen molar-refractivity contribution in [3.63, 3.8) is 0 Å². The lowest BCUT2D eigenvalue weighted by Gasteiger charge is -2.29. The number of carbonyl (C=O) groups is 2. The van der Waals surface area contributed by atoms with Crippen LogP contribution in [0, 0.1) is 25.7 Å². The maximum absolute atomic E-state index is 15.4. The van der Waals surface area contributed by atoms with E-state index in [4.69, 9.17) is 0 Å². The highest BCUT2D eigenvalue weighted by molar-refractivity contribution is 7.23. The molecule has 4 aromatic rings. The predicted octanol–water partition coefficient (Wildman–Crippen LogP) is 17.2. The molecule has 0 fully saturated rings. The summed E-state index contributed by atoms with van der Waals surface area (Å²) in [5.41, 5.74) is 5.80. The van der Waals surface area contributed by atoms with Gasteiger partial charge in [0.15, 0.2) is 0 Å². The van der Waals surface area contributed by atoms with Gasteiger partial charge in [0.2, 0.25) is 0 Å². The van der Waals surface area contributed by atoms with E-state index in [2.05, 4.69) is 125 Å². The van der Waals surface area contributed by atoms with Gasteiger partial charge in [0.25, 0.3) is 11.8 Å². The van der Waals surface area contributed by atoms with Gasteiger partial charge in [-0.15, -0.1) is 51.9 Å². The molecule has 0 radical (unpaired) electrons. The highest BCUT2D eigenvalue weighted by atomic mass is 32.1. The van der Waals surface area contributed by atoms with Gasteiger partial charge >= 0.3 is 0 Å². The van der Waals surface area contributed by atoms with Gasteiger partial charge in [-0.3, -0.25) is 9.59 Å². The highest BCUT2D eigenvalue weighted by Crippen LogP contribution is 2.52. The van der Waals surface area contributed by atoms with E-state index in [0.29, 0.717) is 36.1 Å². The van der Waals surface area contributed by atoms with E-state index in [1.54, 1.807) is 22.7 Å². The maximum atomic E-state index is 15.4. The van der Waals surface area contributed by atoms with E-state index in [0.717, 1.165) is 105 Å². The lowest BCUT2D eigenvalue weighted by molar-refractivity contribution is -0.124. The zero-order valence-corrected chi connectivity index (χ0v) is 43.8. The molecule has 4 unspecified atom stereocenters. The Balaban J connectivity index is 1.52. The van der Waals surface area contributed by atoms with Gasteiger partial charge in [0, 0.05) is 53.2 Å². The first-order valence-corrected chi connectivity index (χ1v) is 27.7.